The van der Waals surface area contributed by atoms with Crippen LogP contribution in [0.15, 0.2) is 0 Å². The van der Waals surface area contributed by atoms with Gasteiger partial charge in [-0.25, -0.2) is 11.0 Å². The average Bonchev–Trinajstić information content (AvgIpc) is 3.31. The summed E-state index contributed by atoms with van der Waals surface area (Å²) in [4.78, 5) is 46.6. The standard InChI is InChI=1S/C17H31N3O5/c1-10(2)9-18-16(23)17(7-8-17)25-20-15(22)13(11(3)4)24-19-14(21)12(5)6/h10-13H,7-9H2,1-6H3,(H,18,23)(H,19,21)(H,20,22)/t13-/m1/s1. The summed E-state index contributed by atoms with van der Waals surface area (Å²) in [5, 5.41) is 2.81. The fourth-order valence-corrected chi connectivity index (χ4v) is 1.88. The zero-order chi connectivity index (χ0) is 19.2. The summed E-state index contributed by atoms with van der Waals surface area (Å²) in [6, 6.07) is 0. The number of hydrogen-bond acceptors (Lipinski definition) is 5. The summed E-state index contributed by atoms with van der Waals surface area (Å²) in [6.45, 7) is 11.6. The number of carbonyl (C=O) groups is 3. The van der Waals surface area contributed by atoms with Crippen molar-refractivity contribution in [3.8, 4) is 0 Å². The third-order valence-corrected chi connectivity index (χ3v) is 3.81. The summed E-state index contributed by atoms with van der Waals surface area (Å²) in [7, 11) is 0. The van der Waals surface area contributed by atoms with Gasteiger partial charge in [0.05, 0.1) is 0 Å². The number of rotatable bonds is 10. The van der Waals surface area contributed by atoms with Crippen LogP contribution in [0.25, 0.3) is 0 Å². The molecule has 1 rings (SSSR count). The van der Waals surface area contributed by atoms with Crippen LogP contribution < -0.4 is 16.3 Å². The number of carbonyl (C=O) groups excluding carboxylic acids is 3. The van der Waals surface area contributed by atoms with Crippen molar-refractivity contribution in [2.24, 2.45) is 17.8 Å². The molecule has 3 N–H and O–H groups in total. The third-order valence-electron chi connectivity index (χ3n) is 3.81. The Labute approximate surface area is 149 Å². The zero-order valence-electron chi connectivity index (χ0n) is 16.0. The van der Waals surface area contributed by atoms with Crippen LogP contribution >= 0.6 is 0 Å². The van der Waals surface area contributed by atoms with Crippen molar-refractivity contribution in [1.82, 2.24) is 16.3 Å². The molecule has 3 amide bonds. The molecule has 25 heavy (non-hydrogen) atoms. The zero-order valence-corrected chi connectivity index (χ0v) is 16.0. The molecule has 0 saturated heterocycles. The Morgan fingerprint density at radius 1 is 0.960 bits per heavy atom. The van der Waals surface area contributed by atoms with E-state index in [1.807, 2.05) is 13.8 Å². The van der Waals surface area contributed by atoms with Gasteiger partial charge >= 0.3 is 0 Å². The van der Waals surface area contributed by atoms with Crippen molar-refractivity contribution >= 4 is 17.7 Å². The first-order valence-corrected chi connectivity index (χ1v) is 8.80. The normalized spacial score (nSPS) is 16.7. The lowest BCUT2D eigenvalue weighted by Crippen LogP contribution is -2.48. The highest BCUT2D eigenvalue weighted by molar-refractivity contribution is 5.88. The van der Waals surface area contributed by atoms with Crippen LogP contribution in [0, 0.1) is 17.8 Å². The predicted molar refractivity (Wildman–Crippen MR) is 91.7 cm³/mol. The van der Waals surface area contributed by atoms with Gasteiger partial charge < -0.3 is 5.32 Å². The summed E-state index contributed by atoms with van der Waals surface area (Å²) in [5.74, 6) is -1.20. The van der Waals surface area contributed by atoms with E-state index in [-0.39, 0.29) is 23.7 Å². The molecule has 8 nitrogen and oxygen atoms in total. The summed E-state index contributed by atoms with van der Waals surface area (Å²) >= 11 is 0. The molecule has 0 heterocycles. The molecule has 0 radical (unpaired) electrons. The van der Waals surface area contributed by atoms with Crippen molar-refractivity contribution in [2.75, 3.05) is 6.54 Å². The highest BCUT2D eigenvalue weighted by Crippen LogP contribution is 2.39. The van der Waals surface area contributed by atoms with E-state index in [2.05, 4.69) is 16.3 Å². The van der Waals surface area contributed by atoms with Gasteiger partial charge in [0.2, 0.25) is 5.91 Å². The molecule has 8 heteroatoms. The largest absolute Gasteiger partial charge is 0.353 e. The van der Waals surface area contributed by atoms with Crippen LogP contribution in [0.3, 0.4) is 0 Å². The Kier molecular flexibility index (Phi) is 7.82. The van der Waals surface area contributed by atoms with E-state index in [1.54, 1.807) is 27.7 Å². The number of hydrogen-bond donors (Lipinski definition) is 3. The Balaban J connectivity index is 2.51. The molecule has 0 aromatic rings. The molecule has 0 bridgehead atoms. The first kappa shape index (κ1) is 21.4. The Morgan fingerprint density at radius 2 is 1.56 bits per heavy atom. The Morgan fingerprint density at radius 3 is 2.00 bits per heavy atom. The van der Waals surface area contributed by atoms with Crippen molar-refractivity contribution < 1.29 is 24.1 Å². The number of amides is 3. The number of nitrogens with one attached hydrogen (secondary N) is 3. The van der Waals surface area contributed by atoms with Gasteiger partial charge in [-0.15, -0.1) is 0 Å². The molecule has 1 saturated carbocycles. The fraction of sp³-hybridized carbons (Fsp3) is 0.824. The second-order valence-corrected chi connectivity index (χ2v) is 7.57. The molecule has 1 aliphatic rings. The first-order chi connectivity index (χ1) is 11.6. The minimum Gasteiger partial charge on any atom is -0.353 e. The lowest BCUT2D eigenvalue weighted by Gasteiger charge is -2.23. The minimum absolute atomic E-state index is 0.194. The van der Waals surface area contributed by atoms with Gasteiger partial charge in [-0.05, 0) is 24.7 Å². The Bertz CT molecular complexity index is 487. The summed E-state index contributed by atoms with van der Waals surface area (Å²) in [5.41, 5.74) is 3.60. The molecule has 0 spiro atoms. The highest BCUT2D eigenvalue weighted by atomic mass is 16.7. The Hall–Kier alpha value is -1.67. The molecule has 1 fully saturated rings. The van der Waals surface area contributed by atoms with Gasteiger partial charge in [0.15, 0.2) is 11.7 Å². The predicted octanol–water partition coefficient (Wildman–Crippen LogP) is 1.07. The second kappa shape index (κ2) is 9.15. The maximum Gasteiger partial charge on any atom is 0.275 e. The molecule has 144 valence electrons. The maximum absolute atomic E-state index is 12.3. The molecular formula is C17H31N3O5. The van der Waals surface area contributed by atoms with Gasteiger partial charge in [-0.3, -0.25) is 24.1 Å². The van der Waals surface area contributed by atoms with E-state index in [1.165, 1.54) is 0 Å². The van der Waals surface area contributed by atoms with Crippen molar-refractivity contribution in [3.05, 3.63) is 0 Å². The van der Waals surface area contributed by atoms with Crippen molar-refractivity contribution in [1.29, 1.82) is 0 Å². The van der Waals surface area contributed by atoms with Gasteiger partial charge in [0.25, 0.3) is 11.8 Å². The van der Waals surface area contributed by atoms with Crippen LogP contribution in [0.2, 0.25) is 0 Å². The molecule has 0 aromatic carbocycles. The fourth-order valence-electron chi connectivity index (χ4n) is 1.88. The lowest BCUT2D eigenvalue weighted by atomic mass is 10.1. The lowest BCUT2D eigenvalue weighted by molar-refractivity contribution is -0.169. The van der Waals surface area contributed by atoms with E-state index in [0.717, 1.165) is 0 Å². The van der Waals surface area contributed by atoms with Gasteiger partial charge in [-0.1, -0.05) is 41.5 Å². The molecule has 1 atom stereocenters. The average molecular weight is 357 g/mol. The van der Waals surface area contributed by atoms with Crippen molar-refractivity contribution in [3.63, 3.8) is 0 Å². The minimum atomic E-state index is -0.993. The van der Waals surface area contributed by atoms with E-state index in [9.17, 15) is 14.4 Å². The molecule has 1 aliphatic carbocycles. The summed E-state index contributed by atoms with van der Waals surface area (Å²) in [6.07, 6.45) is 0.181. The van der Waals surface area contributed by atoms with Gasteiger partial charge in [-0.2, -0.15) is 0 Å². The van der Waals surface area contributed by atoms with Crippen LogP contribution in [0.4, 0.5) is 0 Å². The van der Waals surface area contributed by atoms with Gasteiger partial charge in [0.1, 0.15) is 0 Å². The molecule has 0 aliphatic heterocycles. The summed E-state index contributed by atoms with van der Waals surface area (Å²) < 4.78 is 0. The molecule has 0 aromatic heterocycles. The van der Waals surface area contributed by atoms with Crippen molar-refractivity contribution in [2.45, 2.75) is 66.1 Å². The maximum atomic E-state index is 12.3. The van der Waals surface area contributed by atoms with E-state index in [4.69, 9.17) is 9.68 Å². The quantitative estimate of drug-likeness (QED) is 0.507. The van der Waals surface area contributed by atoms with E-state index in [0.29, 0.717) is 25.3 Å². The van der Waals surface area contributed by atoms with Crippen LogP contribution in [0.1, 0.15) is 54.4 Å². The smallest absolute Gasteiger partial charge is 0.275 e. The first-order valence-electron chi connectivity index (χ1n) is 8.80. The van der Waals surface area contributed by atoms with Crippen LogP contribution in [-0.2, 0) is 24.1 Å². The molecule has 0 unspecified atom stereocenters. The topological polar surface area (TPSA) is 106 Å². The van der Waals surface area contributed by atoms with Crippen LogP contribution in [-0.4, -0.2) is 36.0 Å². The third kappa shape index (κ3) is 6.62. The monoisotopic (exact) mass is 357 g/mol. The van der Waals surface area contributed by atoms with E-state index >= 15 is 0 Å². The second-order valence-electron chi connectivity index (χ2n) is 7.57. The SMILES string of the molecule is CC(C)CNC(=O)C1(ONC(=O)[C@H](ONC(=O)C(C)C)C(C)C)CC1. The number of hydroxylamine groups is 2. The highest BCUT2D eigenvalue weighted by Gasteiger charge is 2.53. The molecular weight excluding hydrogens is 326 g/mol. The van der Waals surface area contributed by atoms with Crippen LogP contribution in [0.5, 0.6) is 0 Å². The van der Waals surface area contributed by atoms with E-state index < -0.39 is 17.6 Å². The van der Waals surface area contributed by atoms with Gasteiger partial charge in [0, 0.05) is 12.5 Å².